The zero-order chi connectivity index (χ0) is 49.1. The zero-order valence-corrected chi connectivity index (χ0v) is 40.4. The van der Waals surface area contributed by atoms with Gasteiger partial charge in [0.05, 0.1) is 34.2 Å². The fourth-order valence-electron chi connectivity index (χ4n) is 6.28. The number of hydrogen-bond donors (Lipinski definition) is 1. The van der Waals surface area contributed by atoms with Crippen LogP contribution < -0.4 is 19.1 Å². The average molecular weight is 1050 g/mol. The Bertz CT molecular complexity index is 2750. The first kappa shape index (κ1) is 53.6. The second kappa shape index (κ2) is 23.2. The number of halogens is 3. The summed E-state index contributed by atoms with van der Waals surface area (Å²) in [6.45, 7) is 13.9. The van der Waals surface area contributed by atoms with Gasteiger partial charge >= 0.3 is 25.7 Å². The van der Waals surface area contributed by atoms with E-state index in [1.54, 1.807) is 23.9 Å². The van der Waals surface area contributed by atoms with Crippen LogP contribution in [-0.4, -0.2) is 56.4 Å². The van der Waals surface area contributed by atoms with Crippen molar-refractivity contribution in [2.45, 2.75) is 68.3 Å². The van der Waals surface area contributed by atoms with Crippen LogP contribution in [0.15, 0.2) is 119 Å². The maximum absolute atomic E-state index is 12.9. The molecule has 2 aromatic carbocycles. The number of rotatable bonds is 11. The Labute approximate surface area is 412 Å². The Morgan fingerprint density at radius 1 is 0.691 bits per heavy atom. The first-order valence-electron chi connectivity index (χ1n) is 19.8. The van der Waals surface area contributed by atoms with Crippen molar-refractivity contribution < 1.29 is 61.2 Å². The van der Waals surface area contributed by atoms with E-state index >= 15 is 0 Å². The van der Waals surface area contributed by atoms with E-state index in [1.165, 1.54) is 71.3 Å². The second-order valence-electron chi connectivity index (χ2n) is 16.2. The van der Waals surface area contributed by atoms with Crippen molar-refractivity contribution in [3.05, 3.63) is 138 Å². The molecule has 5 heterocycles. The minimum atomic E-state index is -4.82. The molecule has 1 aliphatic rings. The smallest absolute Gasteiger partial charge is 0.753 e. The number of nitrogens with zero attached hydrogens (tertiary/aromatic N) is 6. The van der Waals surface area contributed by atoms with Gasteiger partial charge < -0.3 is 30.3 Å². The van der Waals surface area contributed by atoms with Gasteiger partial charge in [0, 0.05) is 64.0 Å². The fourth-order valence-corrected chi connectivity index (χ4v) is 7.41. The molecule has 0 bridgehead atoms. The molecule has 68 heavy (non-hydrogen) atoms. The number of carbonyl (C=O) groups excluding carboxylic acids is 3. The van der Waals surface area contributed by atoms with Crippen molar-refractivity contribution in [3.63, 3.8) is 0 Å². The molecule has 2 N–H and O–H groups in total. The van der Waals surface area contributed by atoms with Crippen LogP contribution in [-0.2, 0) is 44.7 Å². The molecular formula is C48H41F3N8O6RuS2. The molecule has 0 saturated heterocycles. The van der Waals surface area contributed by atoms with Crippen LogP contribution in [0.1, 0.15) is 58.4 Å². The number of benzene rings is 2. The molecule has 0 saturated carbocycles. The van der Waals surface area contributed by atoms with Crippen LogP contribution in [0.2, 0.25) is 0 Å². The summed E-state index contributed by atoms with van der Waals surface area (Å²) in [5, 5.41) is 15.7. The van der Waals surface area contributed by atoms with Crippen LogP contribution in [0.25, 0.3) is 39.6 Å². The van der Waals surface area contributed by atoms with Gasteiger partial charge in [0.2, 0.25) is 0 Å². The molecule has 0 atom stereocenters. The molecule has 6 aromatic rings. The molecule has 20 heteroatoms. The molecule has 0 unspecified atom stereocenters. The van der Waals surface area contributed by atoms with Crippen LogP contribution in [0, 0.1) is 5.41 Å². The number of carbonyl (C=O) groups is 3. The molecule has 0 aliphatic carbocycles. The van der Waals surface area contributed by atoms with Gasteiger partial charge in [-0.15, -0.1) is 5.70 Å². The van der Waals surface area contributed by atoms with Gasteiger partial charge in [0.15, 0.2) is 0 Å². The molecule has 350 valence electrons. The first-order valence-corrected chi connectivity index (χ1v) is 21.0. The third-order valence-corrected chi connectivity index (χ3v) is 10.7. The number of pyridine rings is 4. The van der Waals surface area contributed by atoms with Crippen LogP contribution >= 0.6 is 24.0 Å². The first-order chi connectivity index (χ1) is 31.7. The summed E-state index contributed by atoms with van der Waals surface area (Å²) in [6.07, 6.45) is 0.0459. The Morgan fingerprint density at radius 2 is 1.12 bits per heavy atom. The molecule has 0 spiro atoms. The molecule has 7 rings (SSSR count). The summed E-state index contributed by atoms with van der Waals surface area (Å²) >= 11 is 5.40. The van der Waals surface area contributed by atoms with Gasteiger partial charge in [-0.1, -0.05) is 77.7 Å². The molecule has 14 nitrogen and oxygen atoms in total. The zero-order valence-electron chi connectivity index (χ0n) is 37.1. The third-order valence-electron chi connectivity index (χ3n) is 9.56. The molecule has 0 fully saturated rings. The van der Waals surface area contributed by atoms with E-state index in [4.69, 9.17) is 30.8 Å². The Hall–Kier alpha value is -6.98. The van der Waals surface area contributed by atoms with Crippen molar-refractivity contribution in [2.24, 2.45) is 0 Å². The number of allylic oxidation sites excluding steroid dienone is 1. The molecule has 0 amide bonds. The van der Waals surface area contributed by atoms with E-state index < -0.39 is 17.6 Å². The van der Waals surface area contributed by atoms with E-state index in [-0.39, 0.29) is 59.7 Å². The molecule has 1 aliphatic heterocycles. The number of ether oxygens (including phenoxy) is 3. The third kappa shape index (κ3) is 13.8. The summed E-state index contributed by atoms with van der Waals surface area (Å²) in [5.74, 6) is 0.760. The molecule has 0 radical (unpaired) electrons. The van der Waals surface area contributed by atoms with E-state index in [9.17, 15) is 27.6 Å². The molecular weight excluding hydrogens is 1010 g/mol. The number of anilines is 3. The van der Waals surface area contributed by atoms with E-state index in [2.05, 4.69) is 115 Å². The minimum absolute atomic E-state index is 0. The van der Waals surface area contributed by atoms with Gasteiger partial charge in [0.1, 0.15) is 23.0 Å². The van der Waals surface area contributed by atoms with Gasteiger partial charge in [-0.3, -0.25) is 34.7 Å². The topological polar surface area (TPSA) is 204 Å². The summed E-state index contributed by atoms with van der Waals surface area (Å²) in [7, 11) is 0. The van der Waals surface area contributed by atoms with Crippen molar-refractivity contribution >= 4 is 77.0 Å². The van der Waals surface area contributed by atoms with Crippen molar-refractivity contribution in [1.82, 2.24) is 19.9 Å². The number of thiocarbonyl (C=S) groups is 1. The quantitative estimate of drug-likeness (QED) is 0.0555. The number of nitrogens with one attached hydrogen (secondary N) is 2. The fraction of sp³-hybridized carbons (Fsp3) is 0.188. The SMILES string of the molecule is CC(C)(C)c1ccc2c(c1)Sc1cc(C(C)(C)C)ccc1N2c1ccnc(/C([NH-])=C/C(=N)C(F)(F)F)c1.O=COc1ccnc(-c2cc(OC=O)cc(-c3cc(OC=O)ccn3)n2)c1.[N-]=C=S.[Ru+2]. The minimum Gasteiger partial charge on any atom is -0.753 e. The van der Waals surface area contributed by atoms with Gasteiger partial charge in [-0.05, 0) is 76.6 Å². The van der Waals surface area contributed by atoms with Gasteiger partial charge in [-0.2, -0.15) is 18.3 Å². The van der Waals surface area contributed by atoms with Crippen molar-refractivity contribution in [3.8, 4) is 40.0 Å². The summed E-state index contributed by atoms with van der Waals surface area (Å²) in [6, 6.07) is 25.1. The second-order valence-corrected chi connectivity index (χ2v) is 17.5. The van der Waals surface area contributed by atoms with Crippen LogP contribution in [0.5, 0.6) is 17.2 Å². The largest absolute Gasteiger partial charge is 2.00 e. The number of alkyl halides is 3. The monoisotopic (exact) mass is 1050 g/mol. The van der Waals surface area contributed by atoms with Crippen LogP contribution in [0.4, 0.5) is 30.2 Å². The van der Waals surface area contributed by atoms with Crippen LogP contribution in [0.3, 0.4) is 0 Å². The summed E-state index contributed by atoms with van der Waals surface area (Å²) in [5.41, 5.74) is 12.5. The Morgan fingerprint density at radius 3 is 1.54 bits per heavy atom. The average Bonchev–Trinajstić information content (AvgIpc) is 3.28. The predicted octanol–water partition coefficient (Wildman–Crippen LogP) is 12.1. The predicted molar refractivity (Wildman–Crippen MR) is 253 cm³/mol. The maximum atomic E-state index is 12.9. The number of fused-ring (bicyclic) bond motifs is 2. The number of hydrogen-bond acceptors (Lipinski definition) is 14. The Kier molecular flexibility index (Phi) is 18.3. The standard InChI is InChI=1S/C29H30F3N4S.C18H11N3O6.CNS.Ru/c1-27(2,3)17-7-9-22-24(13-17)37-25-14-18(28(4,5)6)8-10-23(25)36(22)19-11-12-35-21(15-19)20(33)16-26(34)29(30,31)32;22-9-25-12-1-3-19-15(5-12)17-7-14(27-11-24)8-18(21-17)16-6-13(26-10-23)2-4-20-16;2-1-3;/h7-16,33-34H,1-6H3;1-11H;;/q-1;;-1;+2/b20-16-,34-26?;;;. The summed E-state index contributed by atoms with van der Waals surface area (Å²) < 4.78 is 53.2. The van der Waals surface area contributed by atoms with E-state index in [0.717, 1.165) is 21.2 Å². The number of aromatic nitrogens is 4. The van der Waals surface area contributed by atoms with Crippen molar-refractivity contribution in [2.75, 3.05) is 4.90 Å². The number of isothiocyanates is 1. The maximum Gasteiger partial charge on any atom is 2.00 e. The molecule has 4 aromatic heterocycles. The van der Waals surface area contributed by atoms with Gasteiger partial charge in [0.25, 0.3) is 19.4 Å². The Balaban J connectivity index is 0.000000288. The van der Waals surface area contributed by atoms with E-state index in [0.29, 0.717) is 47.5 Å². The van der Waals surface area contributed by atoms with Gasteiger partial charge in [-0.25, -0.2) is 4.98 Å². The summed E-state index contributed by atoms with van der Waals surface area (Å²) in [4.78, 5) is 52.9. The normalized spacial score (nSPS) is 11.8. The van der Waals surface area contributed by atoms with E-state index in [1.807, 2.05) is 0 Å². The van der Waals surface area contributed by atoms with Crippen molar-refractivity contribution in [1.29, 1.82) is 5.41 Å².